The molecule has 120 valence electrons. The van der Waals surface area contributed by atoms with Crippen LogP contribution in [0.15, 0.2) is 18.2 Å². The fourth-order valence-electron chi connectivity index (χ4n) is 3.24. The topological polar surface area (TPSA) is 15.3 Å². The van der Waals surface area contributed by atoms with E-state index in [0.29, 0.717) is 6.04 Å². The van der Waals surface area contributed by atoms with Crippen LogP contribution in [0.25, 0.3) is 0 Å². The monoisotopic (exact) mass is 370 g/mol. The Hall–Kier alpha value is 0.300. The van der Waals surface area contributed by atoms with Crippen molar-refractivity contribution in [1.82, 2.24) is 10.2 Å². The zero-order chi connectivity index (χ0) is 13.2. The standard InChI is InChI=1S/C15H20Cl2N2.2ClH/c16-13-8-12(9-14(17)10-13)15(11-2-1-3-11)19-6-4-18-5-7-19;;/h8-11,15,18H,1-7H2;2*1H/t15-;;/m0../s1. The second kappa shape index (κ2) is 8.81. The van der Waals surface area contributed by atoms with Gasteiger partial charge in [-0.3, -0.25) is 4.90 Å². The van der Waals surface area contributed by atoms with Crippen molar-refractivity contribution in [2.24, 2.45) is 5.92 Å². The van der Waals surface area contributed by atoms with Crippen LogP contribution in [0.1, 0.15) is 30.9 Å². The van der Waals surface area contributed by atoms with Gasteiger partial charge in [0.25, 0.3) is 0 Å². The summed E-state index contributed by atoms with van der Waals surface area (Å²) >= 11 is 12.4. The highest BCUT2D eigenvalue weighted by Gasteiger charge is 2.33. The van der Waals surface area contributed by atoms with Crippen molar-refractivity contribution in [1.29, 1.82) is 0 Å². The first kappa shape index (κ1) is 19.3. The lowest BCUT2D eigenvalue weighted by molar-refractivity contribution is 0.0837. The van der Waals surface area contributed by atoms with Gasteiger partial charge in [0.05, 0.1) is 0 Å². The lowest BCUT2D eigenvalue weighted by atomic mass is 9.76. The Morgan fingerprint density at radius 1 is 1.00 bits per heavy atom. The molecule has 0 aromatic heterocycles. The zero-order valence-corrected chi connectivity index (χ0v) is 15.0. The summed E-state index contributed by atoms with van der Waals surface area (Å²) in [4.78, 5) is 2.60. The second-order valence-electron chi connectivity index (χ2n) is 5.62. The Morgan fingerprint density at radius 2 is 1.57 bits per heavy atom. The van der Waals surface area contributed by atoms with Crippen LogP contribution in [0.5, 0.6) is 0 Å². The summed E-state index contributed by atoms with van der Waals surface area (Å²) in [7, 11) is 0. The number of piperazine rings is 1. The Kier molecular flexibility index (Phi) is 8.11. The third kappa shape index (κ3) is 4.63. The Balaban J connectivity index is 0.00000110. The molecule has 1 heterocycles. The van der Waals surface area contributed by atoms with E-state index in [1.54, 1.807) is 0 Å². The van der Waals surface area contributed by atoms with Gasteiger partial charge in [-0.2, -0.15) is 0 Å². The van der Waals surface area contributed by atoms with Gasteiger partial charge in [0.1, 0.15) is 0 Å². The van der Waals surface area contributed by atoms with E-state index in [0.717, 1.165) is 42.1 Å². The molecule has 0 radical (unpaired) electrons. The lowest BCUT2D eigenvalue weighted by Crippen LogP contribution is -2.47. The molecular weight excluding hydrogens is 350 g/mol. The molecule has 1 aromatic carbocycles. The zero-order valence-electron chi connectivity index (χ0n) is 11.9. The molecule has 0 unspecified atom stereocenters. The average molecular weight is 372 g/mol. The summed E-state index contributed by atoms with van der Waals surface area (Å²) in [6, 6.07) is 6.51. The molecule has 1 saturated heterocycles. The summed E-state index contributed by atoms with van der Waals surface area (Å²) in [5.41, 5.74) is 1.30. The first-order valence-electron chi connectivity index (χ1n) is 7.15. The fraction of sp³-hybridized carbons (Fsp3) is 0.600. The Labute approximate surface area is 149 Å². The molecule has 0 bridgehead atoms. The van der Waals surface area contributed by atoms with Crippen LogP contribution in [-0.2, 0) is 0 Å². The SMILES string of the molecule is Cl.Cl.Clc1cc(Cl)cc([C@H](C2CCC2)N2CCNCC2)c1. The van der Waals surface area contributed by atoms with E-state index >= 15 is 0 Å². The van der Waals surface area contributed by atoms with Crippen LogP contribution < -0.4 is 5.32 Å². The number of hydrogen-bond donors (Lipinski definition) is 1. The fourth-order valence-corrected chi connectivity index (χ4v) is 3.79. The third-order valence-corrected chi connectivity index (χ3v) is 4.80. The minimum atomic E-state index is 0. The van der Waals surface area contributed by atoms with Crippen molar-refractivity contribution >= 4 is 48.0 Å². The summed E-state index contributed by atoms with van der Waals surface area (Å²) in [5, 5.41) is 4.93. The number of benzene rings is 1. The molecule has 2 nitrogen and oxygen atoms in total. The molecule has 1 atom stereocenters. The summed E-state index contributed by atoms with van der Waals surface area (Å²) < 4.78 is 0. The van der Waals surface area contributed by atoms with E-state index in [9.17, 15) is 0 Å². The van der Waals surface area contributed by atoms with Crippen LogP contribution >= 0.6 is 48.0 Å². The van der Waals surface area contributed by atoms with E-state index in [1.165, 1.54) is 24.8 Å². The van der Waals surface area contributed by atoms with E-state index in [1.807, 2.05) is 6.07 Å². The van der Waals surface area contributed by atoms with E-state index < -0.39 is 0 Å². The number of nitrogens with one attached hydrogen (secondary N) is 1. The molecule has 0 spiro atoms. The molecule has 2 aliphatic rings. The smallest absolute Gasteiger partial charge is 0.0424 e. The molecule has 1 aliphatic carbocycles. The largest absolute Gasteiger partial charge is 0.314 e. The van der Waals surface area contributed by atoms with Gasteiger partial charge >= 0.3 is 0 Å². The number of rotatable bonds is 3. The van der Waals surface area contributed by atoms with Crippen molar-refractivity contribution in [3.05, 3.63) is 33.8 Å². The van der Waals surface area contributed by atoms with Crippen molar-refractivity contribution in [3.63, 3.8) is 0 Å². The van der Waals surface area contributed by atoms with Gasteiger partial charge in [-0.05, 0) is 42.5 Å². The Morgan fingerprint density at radius 3 is 2.05 bits per heavy atom. The van der Waals surface area contributed by atoms with Crippen molar-refractivity contribution < 1.29 is 0 Å². The first-order valence-corrected chi connectivity index (χ1v) is 7.90. The van der Waals surface area contributed by atoms with Crippen LogP contribution in [0.3, 0.4) is 0 Å². The molecule has 21 heavy (non-hydrogen) atoms. The van der Waals surface area contributed by atoms with Gasteiger partial charge in [-0.1, -0.05) is 29.6 Å². The third-order valence-electron chi connectivity index (χ3n) is 4.37. The predicted molar refractivity (Wildman–Crippen MR) is 95.5 cm³/mol. The van der Waals surface area contributed by atoms with E-state index in [4.69, 9.17) is 23.2 Å². The second-order valence-corrected chi connectivity index (χ2v) is 6.50. The van der Waals surface area contributed by atoms with Crippen molar-refractivity contribution in [3.8, 4) is 0 Å². The molecule has 6 heteroatoms. The maximum absolute atomic E-state index is 6.18. The van der Waals surface area contributed by atoms with Crippen LogP contribution in [0.2, 0.25) is 10.0 Å². The lowest BCUT2D eigenvalue weighted by Gasteiger charge is -2.43. The van der Waals surface area contributed by atoms with Gasteiger partial charge in [0.15, 0.2) is 0 Å². The van der Waals surface area contributed by atoms with Crippen LogP contribution in [0.4, 0.5) is 0 Å². The van der Waals surface area contributed by atoms with Gasteiger partial charge in [0.2, 0.25) is 0 Å². The normalized spacial score (nSPS) is 20.9. The maximum atomic E-state index is 6.18. The van der Waals surface area contributed by atoms with Crippen molar-refractivity contribution in [2.75, 3.05) is 26.2 Å². The maximum Gasteiger partial charge on any atom is 0.0424 e. The quantitative estimate of drug-likeness (QED) is 0.836. The minimum absolute atomic E-state index is 0. The average Bonchev–Trinajstić information content (AvgIpc) is 2.33. The highest BCUT2D eigenvalue weighted by molar-refractivity contribution is 6.34. The molecular formula is C15H22Cl4N2. The van der Waals surface area contributed by atoms with Crippen LogP contribution in [0, 0.1) is 5.92 Å². The van der Waals surface area contributed by atoms with Gasteiger partial charge in [0, 0.05) is 42.3 Å². The highest BCUT2D eigenvalue weighted by atomic mass is 35.5. The first-order chi connectivity index (χ1) is 9.24. The molecule has 1 aliphatic heterocycles. The van der Waals surface area contributed by atoms with Gasteiger partial charge in [-0.25, -0.2) is 0 Å². The van der Waals surface area contributed by atoms with Gasteiger partial charge in [-0.15, -0.1) is 24.8 Å². The predicted octanol–water partition coefficient (Wildman–Crippen LogP) is 4.58. The summed E-state index contributed by atoms with van der Waals surface area (Å²) in [6.45, 7) is 4.39. The van der Waals surface area contributed by atoms with Crippen molar-refractivity contribution in [2.45, 2.75) is 25.3 Å². The molecule has 3 rings (SSSR count). The number of halogens is 4. The van der Waals surface area contributed by atoms with E-state index in [-0.39, 0.29) is 24.8 Å². The highest BCUT2D eigenvalue weighted by Crippen LogP contribution is 2.42. The minimum Gasteiger partial charge on any atom is -0.314 e. The summed E-state index contributed by atoms with van der Waals surface area (Å²) in [6.07, 6.45) is 4.03. The molecule has 1 aromatic rings. The molecule has 2 fully saturated rings. The number of nitrogens with zero attached hydrogens (tertiary/aromatic N) is 1. The molecule has 1 saturated carbocycles. The molecule has 0 amide bonds. The van der Waals surface area contributed by atoms with E-state index in [2.05, 4.69) is 22.3 Å². The number of hydrogen-bond acceptors (Lipinski definition) is 2. The Bertz CT molecular complexity index is 425. The molecule has 1 N–H and O–H groups in total. The van der Waals surface area contributed by atoms with Crippen LogP contribution in [-0.4, -0.2) is 31.1 Å². The summed E-state index contributed by atoms with van der Waals surface area (Å²) in [5.74, 6) is 0.771. The van der Waals surface area contributed by atoms with Gasteiger partial charge < -0.3 is 5.32 Å².